The topological polar surface area (TPSA) is 44.5 Å². The summed E-state index contributed by atoms with van der Waals surface area (Å²) in [6, 6.07) is 8.41. The molecule has 1 aromatic rings. The van der Waals surface area contributed by atoms with E-state index < -0.39 is 0 Å². The van der Waals surface area contributed by atoms with Gasteiger partial charge in [0, 0.05) is 13.2 Å². The van der Waals surface area contributed by atoms with Gasteiger partial charge in [-0.2, -0.15) is 0 Å². The molecule has 3 nitrogen and oxygen atoms in total. The van der Waals surface area contributed by atoms with E-state index in [9.17, 15) is 0 Å². The van der Waals surface area contributed by atoms with Gasteiger partial charge in [-0.1, -0.05) is 29.8 Å². The van der Waals surface area contributed by atoms with Crippen molar-refractivity contribution >= 4 is 0 Å². The third-order valence-corrected chi connectivity index (χ3v) is 3.32. The Bertz CT molecular complexity index is 342. The van der Waals surface area contributed by atoms with Crippen LogP contribution in [0.15, 0.2) is 24.3 Å². The van der Waals surface area contributed by atoms with Crippen LogP contribution in [0, 0.1) is 6.92 Å². The van der Waals surface area contributed by atoms with E-state index in [2.05, 4.69) is 31.2 Å². The van der Waals surface area contributed by atoms with Crippen molar-refractivity contribution in [2.45, 2.75) is 32.0 Å². The lowest BCUT2D eigenvalue weighted by atomic mass is 9.96. The molecule has 0 aliphatic carbocycles. The molecule has 3 heteroatoms. The number of nitrogens with two attached hydrogens (primary N) is 1. The molecule has 1 heterocycles. The maximum absolute atomic E-state index is 6.00. The van der Waals surface area contributed by atoms with Crippen LogP contribution < -0.4 is 5.73 Å². The van der Waals surface area contributed by atoms with Crippen molar-refractivity contribution in [3.05, 3.63) is 35.4 Å². The molecule has 17 heavy (non-hydrogen) atoms. The average molecular weight is 235 g/mol. The summed E-state index contributed by atoms with van der Waals surface area (Å²) in [5.74, 6) is 0. The zero-order valence-electron chi connectivity index (χ0n) is 10.4. The Hall–Kier alpha value is -0.900. The molecule has 1 atom stereocenters. The van der Waals surface area contributed by atoms with E-state index in [0.717, 1.165) is 19.4 Å². The summed E-state index contributed by atoms with van der Waals surface area (Å²) < 4.78 is 11.5. The summed E-state index contributed by atoms with van der Waals surface area (Å²) in [5, 5.41) is 0. The Balaban J connectivity index is 1.93. The SMILES string of the molecule is Cc1ccc(COC2(CN)CCCOC2)cc1. The highest BCUT2D eigenvalue weighted by atomic mass is 16.5. The zero-order chi connectivity index (χ0) is 12.1. The van der Waals surface area contributed by atoms with Gasteiger partial charge in [-0.3, -0.25) is 0 Å². The second kappa shape index (κ2) is 5.63. The predicted molar refractivity (Wildman–Crippen MR) is 67.8 cm³/mol. The first kappa shape index (κ1) is 12.6. The lowest BCUT2D eigenvalue weighted by Crippen LogP contribution is -2.47. The minimum Gasteiger partial charge on any atom is -0.378 e. The monoisotopic (exact) mass is 235 g/mol. The van der Waals surface area contributed by atoms with E-state index in [1.54, 1.807) is 0 Å². The summed E-state index contributed by atoms with van der Waals surface area (Å²) in [4.78, 5) is 0. The van der Waals surface area contributed by atoms with Gasteiger partial charge < -0.3 is 15.2 Å². The van der Waals surface area contributed by atoms with Gasteiger partial charge in [0.25, 0.3) is 0 Å². The number of rotatable bonds is 4. The van der Waals surface area contributed by atoms with Crippen LogP contribution in [0.3, 0.4) is 0 Å². The van der Waals surface area contributed by atoms with Crippen molar-refractivity contribution in [2.75, 3.05) is 19.8 Å². The number of hydrogen-bond donors (Lipinski definition) is 1. The van der Waals surface area contributed by atoms with Crippen molar-refractivity contribution in [2.24, 2.45) is 5.73 Å². The van der Waals surface area contributed by atoms with Crippen molar-refractivity contribution in [3.8, 4) is 0 Å². The van der Waals surface area contributed by atoms with E-state index in [1.807, 2.05) is 0 Å². The summed E-state index contributed by atoms with van der Waals surface area (Å²) in [5.41, 5.74) is 8.00. The van der Waals surface area contributed by atoms with E-state index in [4.69, 9.17) is 15.2 Å². The molecule has 2 rings (SSSR count). The van der Waals surface area contributed by atoms with E-state index >= 15 is 0 Å². The van der Waals surface area contributed by atoms with Gasteiger partial charge in [0.15, 0.2) is 0 Å². The van der Waals surface area contributed by atoms with Crippen LogP contribution in [0.4, 0.5) is 0 Å². The summed E-state index contributed by atoms with van der Waals surface area (Å²) in [7, 11) is 0. The van der Waals surface area contributed by atoms with E-state index in [1.165, 1.54) is 11.1 Å². The Labute approximate surface area is 103 Å². The minimum absolute atomic E-state index is 0.275. The first-order chi connectivity index (χ1) is 8.24. The Morgan fingerprint density at radius 2 is 2.12 bits per heavy atom. The maximum atomic E-state index is 6.00. The summed E-state index contributed by atoms with van der Waals surface area (Å²) >= 11 is 0. The molecule has 0 spiro atoms. The van der Waals surface area contributed by atoms with Crippen LogP contribution >= 0.6 is 0 Å². The van der Waals surface area contributed by atoms with Gasteiger partial charge in [-0.15, -0.1) is 0 Å². The molecule has 1 aliphatic heterocycles. The van der Waals surface area contributed by atoms with Crippen molar-refractivity contribution in [1.29, 1.82) is 0 Å². The summed E-state index contributed by atoms with van der Waals surface area (Å²) in [6.45, 7) is 4.67. The Morgan fingerprint density at radius 1 is 1.35 bits per heavy atom. The van der Waals surface area contributed by atoms with Crippen LogP contribution in [0.2, 0.25) is 0 Å². The molecule has 0 radical (unpaired) electrons. The molecule has 0 bridgehead atoms. The number of aryl methyl sites for hydroxylation is 1. The fourth-order valence-electron chi connectivity index (χ4n) is 2.08. The molecule has 94 valence electrons. The third kappa shape index (κ3) is 3.28. The van der Waals surface area contributed by atoms with Crippen molar-refractivity contribution in [1.82, 2.24) is 0 Å². The van der Waals surface area contributed by atoms with Crippen molar-refractivity contribution < 1.29 is 9.47 Å². The number of benzene rings is 1. The highest BCUT2D eigenvalue weighted by molar-refractivity contribution is 5.20. The molecule has 1 saturated heterocycles. The minimum atomic E-state index is -0.275. The molecule has 0 amide bonds. The first-order valence-corrected chi connectivity index (χ1v) is 6.21. The van der Waals surface area contributed by atoms with Gasteiger partial charge >= 0.3 is 0 Å². The Kier molecular flexibility index (Phi) is 4.15. The van der Waals surface area contributed by atoms with Crippen LogP contribution in [-0.2, 0) is 16.1 Å². The van der Waals surface area contributed by atoms with Crippen molar-refractivity contribution in [3.63, 3.8) is 0 Å². The van der Waals surface area contributed by atoms with Gasteiger partial charge in [0.1, 0.15) is 5.60 Å². The largest absolute Gasteiger partial charge is 0.378 e. The molecule has 1 aromatic carbocycles. The van der Waals surface area contributed by atoms with Crippen LogP contribution in [0.1, 0.15) is 24.0 Å². The highest BCUT2D eigenvalue weighted by Crippen LogP contribution is 2.23. The first-order valence-electron chi connectivity index (χ1n) is 6.21. The fraction of sp³-hybridized carbons (Fsp3) is 0.571. The number of ether oxygens (including phenoxy) is 2. The second-order valence-electron chi connectivity index (χ2n) is 4.82. The van der Waals surface area contributed by atoms with E-state index in [0.29, 0.717) is 19.8 Å². The standard InChI is InChI=1S/C14H21NO2/c1-12-3-5-13(6-4-12)9-17-14(10-15)7-2-8-16-11-14/h3-6H,2,7-11,15H2,1H3. The maximum Gasteiger partial charge on any atom is 0.104 e. The van der Waals surface area contributed by atoms with Gasteiger partial charge in [0.05, 0.1) is 13.2 Å². The quantitative estimate of drug-likeness (QED) is 0.868. The van der Waals surface area contributed by atoms with Gasteiger partial charge in [-0.05, 0) is 25.3 Å². The molecular weight excluding hydrogens is 214 g/mol. The Morgan fingerprint density at radius 3 is 2.71 bits per heavy atom. The smallest absolute Gasteiger partial charge is 0.104 e. The predicted octanol–water partition coefficient (Wildman–Crippen LogP) is 2.02. The summed E-state index contributed by atoms with van der Waals surface area (Å²) in [6.07, 6.45) is 2.03. The normalized spacial score (nSPS) is 24.8. The molecule has 0 aromatic heterocycles. The van der Waals surface area contributed by atoms with Crippen LogP contribution in [0.25, 0.3) is 0 Å². The second-order valence-corrected chi connectivity index (χ2v) is 4.82. The molecule has 1 fully saturated rings. The van der Waals surface area contributed by atoms with Gasteiger partial charge in [0.2, 0.25) is 0 Å². The molecular formula is C14H21NO2. The lowest BCUT2D eigenvalue weighted by molar-refractivity contribution is -0.130. The number of hydrogen-bond acceptors (Lipinski definition) is 3. The molecule has 0 saturated carbocycles. The molecule has 1 aliphatic rings. The fourth-order valence-corrected chi connectivity index (χ4v) is 2.08. The molecule has 2 N–H and O–H groups in total. The highest BCUT2D eigenvalue weighted by Gasteiger charge is 2.32. The lowest BCUT2D eigenvalue weighted by Gasteiger charge is -2.35. The van der Waals surface area contributed by atoms with E-state index in [-0.39, 0.29) is 5.60 Å². The zero-order valence-corrected chi connectivity index (χ0v) is 10.4. The van der Waals surface area contributed by atoms with Gasteiger partial charge in [-0.25, -0.2) is 0 Å². The van der Waals surface area contributed by atoms with Crippen LogP contribution in [-0.4, -0.2) is 25.4 Å². The average Bonchev–Trinajstić information content (AvgIpc) is 2.39. The third-order valence-electron chi connectivity index (χ3n) is 3.32. The van der Waals surface area contributed by atoms with Crippen LogP contribution in [0.5, 0.6) is 0 Å². The molecule has 1 unspecified atom stereocenters.